The Morgan fingerprint density at radius 3 is 2.40 bits per heavy atom. The largest absolute Gasteiger partial charge is 0.336 e. The minimum Gasteiger partial charge on any atom is -0.336 e. The molecule has 0 aromatic heterocycles. The summed E-state index contributed by atoms with van der Waals surface area (Å²) in [6.45, 7) is 1.26. The molecular weight excluding hydrogens is 361 g/mol. The number of halogens is 2. The van der Waals surface area contributed by atoms with Gasteiger partial charge in [-0.1, -0.05) is 29.3 Å². The highest BCUT2D eigenvalue weighted by atomic mass is 35.5. The molecule has 7 heteroatoms. The molecule has 1 aliphatic rings. The second kappa shape index (κ2) is 7.59. The average Bonchev–Trinajstić information content (AvgIpc) is 3.01. The normalized spacial score (nSPS) is 14.0. The Balaban J connectivity index is 1.65. The quantitative estimate of drug-likeness (QED) is 0.787. The van der Waals surface area contributed by atoms with Crippen LogP contribution < -0.4 is 15.5 Å². The van der Waals surface area contributed by atoms with Crippen LogP contribution in [0.4, 0.5) is 16.2 Å². The van der Waals surface area contributed by atoms with Gasteiger partial charge in [-0.3, -0.25) is 9.69 Å². The Hall–Kier alpha value is -2.50. The fraction of sp³-hybridized carbons (Fsp3) is 0.111. The Bertz CT molecular complexity index is 814. The molecule has 128 valence electrons. The highest BCUT2D eigenvalue weighted by Gasteiger charge is 2.20. The van der Waals surface area contributed by atoms with E-state index < -0.39 is 0 Å². The van der Waals surface area contributed by atoms with Crippen LogP contribution in [0.25, 0.3) is 6.08 Å². The molecule has 25 heavy (non-hydrogen) atoms. The number of hydrogen-bond donors (Lipinski definition) is 2. The number of nitrogens with zero attached hydrogens (tertiary/aromatic N) is 1. The second-order valence-electron chi connectivity index (χ2n) is 5.39. The van der Waals surface area contributed by atoms with Crippen molar-refractivity contribution >= 4 is 52.6 Å². The molecule has 0 unspecified atom stereocenters. The number of urea groups is 1. The highest BCUT2D eigenvalue weighted by molar-refractivity contribution is 6.37. The van der Waals surface area contributed by atoms with Crippen LogP contribution in [0.2, 0.25) is 10.0 Å². The zero-order valence-electron chi connectivity index (χ0n) is 13.1. The van der Waals surface area contributed by atoms with Crippen molar-refractivity contribution in [1.82, 2.24) is 5.32 Å². The zero-order valence-corrected chi connectivity index (χ0v) is 14.6. The van der Waals surface area contributed by atoms with Crippen molar-refractivity contribution in [1.29, 1.82) is 0 Å². The van der Waals surface area contributed by atoms with Gasteiger partial charge in [0.05, 0.1) is 0 Å². The Morgan fingerprint density at radius 1 is 1.12 bits per heavy atom. The number of nitrogens with one attached hydrogen (secondary N) is 2. The topological polar surface area (TPSA) is 61.4 Å². The molecule has 1 aliphatic heterocycles. The molecule has 1 heterocycles. The van der Waals surface area contributed by atoms with Crippen molar-refractivity contribution in [3.05, 3.63) is 64.1 Å². The summed E-state index contributed by atoms with van der Waals surface area (Å²) in [5.41, 5.74) is 2.01. The van der Waals surface area contributed by atoms with Crippen LogP contribution in [-0.4, -0.2) is 25.0 Å². The van der Waals surface area contributed by atoms with Crippen LogP contribution in [0.5, 0.6) is 0 Å². The molecule has 5 nitrogen and oxygen atoms in total. The number of carbonyl (C=O) groups excluding carboxylic acids is 2. The number of anilines is 2. The Morgan fingerprint density at radius 2 is 1.80 bits per heavy atom. The van der Waals surface area contributed by atoms with Crippen molar-refractivity contribution in [3.63, 3.8) is 0 Å². The predicted octanol–water partition coefficient (Wildman–Crippen LogP) is 4.17. The lowest BCUT2D eigenvalue weighted by molar-refractivity contribution is -0.111. The van der Waals surface area contributed by atoms with Crippen LogP contribution in [0.15, 0.2) is 48.5 Å². The van der Waals surface area contributed by atoms with E-state index in [2.05, 4.69) is 10.6 Å². The monoisotopic (exact) mass is 375 g/mol. The van der Waals surface area contributed by atoms with E-state index >= 15 is 0 Å². The third-order valence-electron chi connectivity index (χ3n) is 3.70. The maximum Gasteiger partial charge on any atom is 0.321 e. The minimum absolute atomic E-state index is 0.115. The molecule has 0 aliphatic carbocycles. The number of benzene rings is 2. The van der Waals surface area contributed by atoms with Crippen LogP contribution in [0.3, 0.4) is 0 Å². The molecule has 1 saturated heterocycles. The smallest absolute Gasteiger partial charge is 0.321 e. The average molecular weight is 376 g/mol. The first-order chi connectivity index (χ1) is 12.0. The first-order valence-electron chi connectivity index (χ1n) is 7.63. The van der Waals surface area contributed by atoms with Crippen molar-refractivity contribution in [2.24, 2.45) is 0 Å². The Labute approximate surface area is 155 Å². The van der Waals surface area contributed by atoms with Crippen LogP contribution in [0, 0.1) is 0 Å². The van der Waals surface area contributed by atoms with Gasteiger partial charge < -0.3 is 10.6 Å². The zero-order chi connectivity index (χ0) is 17.8. The van der Waals surface area contributed by atoms with E-state index in [0.717, 1.165) is 5.69 Å². The molecule has 3 rings (SSSR count). The number of hydrogen-bond acceptors (Lipinski definition) is 2. The molecule has 0 radical (unpaired) electrons. The summed E-state index contributed by atoms with van der Waals surface area (Å²) in [5, 5.41) is 6.45. The van der Waals surface area contributed by atoms with E-state index in [1.165, 1.54) is 6.08 Å². The van der Waals surface area contributed by atoms with Gasteiger partial charge >= 0.3 is 6.03 Å². The van der Waals surface area contributed by atoms with Gasteiger partial charge in [-0.15, -0.1) is 0 Å². The number of rotatable bonds is 4. The SMILES string of the molecule is O=C(/C=C/c1c(Cl)cccc1Cl)Nc1ccc(N2CCNC2=O)cc1. The van der Waals surface area contributed by atoms with Gasteiger partial charge in [-0.2, -0.15) is 0 Å². The van der Waals surface area contributed by atoms with Crippen LogP contribution in [-0.2, 0) is 4.79 Å². The van der Waals surface area contributed by atoms with Gasteiger partial charge in [-0.25, -0.2) is 4.79 Å². The summed E-state index contributed by atoms with van der Waals surface area (Å²) in [5.74, 6) is -0.303. The van der Waals surface area contributed by atoms with E-state index in [0.29, 0.717) is 34.4 Å². The van der Waals surface area contributed by atoms with Gasteiger partial charge in [0, 0.05) is 46.1 Å². The number of carbonyl (C=O) groups is 2. The molecule has 3 amide bonds. The summed E-state index contributed by atoms with van der Waals surface area (Å²) in [6.07, 6.45) is 2.94. The molecule has 2 aromatic rings. The van der Waals surface area contributed by atoms with Crippen molar-refractivity contribution in [2.45, 2.75) is 0 Å². The molecule has 2 N–H and O–H groups in total. The van der Waals surface area contributed by atoms with Gasteiger partial charge in [-0.05, 0) is 42.5 Å². The lowest BCUT2D eigenvalue weighted by Crippen LogP contribution is -2.27. The second-order valence-corrected chi connectivity index (χ2v) is 6.20. The summed E-state index contributed by atoms with van der Waals surface area (Å²) in [6, 6.07) is 12.1. The van der Waals surface area contributed by atoms with Crippen molar-refractivity contribution < 1.29 is 9.59 Å². The van der Waals surface area contributed by atoms with E-state index in [1.54, 1.807) is 53.4 Å². The lowest BCUT2D eigenvalue weighted by atomic mass is 10.2. The van der Waals surface area contributed by atoms with Gasteiger partial charge in [0.15, 0.2) is 0 Å². The lowest BCUT2D eigenvalue weighted by Gasteiger charge is -2.14. The first kappa shape index (κ1) is 17.3. The fourth-order valence-electron chi connectivity index (χ4n) is 2.46. The van der Waals surface area contributed by atoms with Crippen molar-refractivity contribution in [2.75, 3.05) is 23.3 Å². The maximum absolute atomic E-state index is 12.0. The summed E-state index contributed by atoms with van der Waals surface area (Å²) in [4.78, 5) is 25.3. The molecule has 2 aromatic carbocycles. The van der Waals surface area contributed by atoms with Gasteiger partial charge in [0.2, 0.25) is 5.91 Å². The van der Waals surface area contributed by atoms with Crippen molar-refractivity contribution in [3.8, 4) is 0 Å². The van der Waals surface area contributed by atoms with E-state index in [-0.39, 0.29) is 11.9 Å². The summed E-state index contributed by atoms with van der Waals surface area (Å²) < 4.78 is 0. The first-order valence-corrected chi connectivity index (χ1v) is 8.39. The van der Waals surface area contributed by atoms with E-state index in [4.69, 9.17) is 23.2 Å². The van der Waals surface area contributed by atoms with E-state index in [1.807, 2.05) is 0 Å². The van der Waals surface area contributed by atoms with Crippen LogP contribution in [0.1, 0.15) is 5.56 Å². The minimum atomic E-state index is -0.303. The highest BCUT2D eigenvalue weighted by Crippen LogP contribution is 2.25. The molecular formula is C18H15Cl2N3O2. The molecule has 0 atom stereocenters. The third kappa shape index (κ3) is 4.13. The Kier molecular flexibility index (Phi) is 5.26. The molecule has 0 saturated carbocycles. The van der Waals surface area contributed by atoms with E-state index in [9.17, 15) is 9.59 Å². The predicted molar refractivity (Wildman–Crippen MR) is 101 cm³/mol. The standard InChI is InChI=1S/C18H15Cl2N3O2/c19-15-2-1-3-16(20)14(15)8-9-17(24)22-12-4-6-13(7-5-12)23-11-10-21-18(23)25/h1-9H,10-11H2,(H,21,25)(H,22,24)/b9-8+. The van der Waals surface area contributed by atoms with Gasteiger partial charge in [0.1, 0.15) is 0 Å². The summed E-state index contributed by atoms with van der Waals surface area (Å²) in [7, 11) is 0. The summed E-state index contributed by atoms with van der Waals surface area (Å²) >= 11 is 12.1. The van der Waals surface area contributed by atoms with Crippen LogP contribution >= 0.6 is 23.2 Å². The molecule has 1 fully saturated rings. The molecule has 0 spiro atoms. The van der Waals surface area contributed by atoms with Gasteiger partial charge in [0.25, 0.3) is 0 Å². The third-order valence-corrected chi connectivity index (χ3v) is 4.36. The fourth-order valence-corrected chi connectivity index (χ4v) is 2.98. The molecule has 0 bridgehead atoms. The number of amides is 3. The maximum atomic E-state index is 12.0.